The van der Waals surface area contributed by atoms with Crippen molar-refractivity contribution in [3.63, 3.8) is 0 Å². The van der Waals surface area contributed by atoms with Crippen LogP contribution in [0.25, 0.3) is 0 Å². The summed E-state index contributed by atoms with van der Waals surface area (Å²) in [5, 5.41) is 11.9. The topological polar surface area (TPSA) is 46.2 Å². The third-order valence-electron chi connectivity index (χ3n) is 2.89. The van der Waals surface area contributed by atoms with Crippen molar-refractivity contribution in [1.82, 2.24) is 0 Å². The van der Waals surface area contributed by atoms with Crippen LogP contribution in [0, 0.1) is 0 Å². The van der Waals surface area contributed by atoms with Gasteiger partial charge in [0.15, 0.2) is 0 Å². The highest BCUT2D eigenvalue weighted by Gasteiger charge is 2.38. The van der Waals surface area contributed by atoms with Gasteiger partial charge < -0.3 is 10.8 Å². The Balaban J connectivity index is 2.27. The molecule has 0 spiro atoms. The first-order chi connectivity index (χ1) is 6.23. The van der Waals surface area contributed by atoms with E-state index in [0.29, 0.717) is 0 Å². The smallest absolute Gasteiger partial charge is 0.0769 e. The normalized spacial score (nSPS) is 34.8. The fraction of sp³-hybridized carbons (Fsp3) is 0.600. The number of aliphatic hydroxyl groups excluding tert-OH is 1. The van der Waals surface area contributed by atoms with E-state index in [9.17, 15) is 5.11 Å². The van der Waals surface area contributed by atoms with Crippen molar-refractivity contribution in [2.75, 3.05) is 0 Å². The van der Waals surface area contributed by atoms with Crippen molar-refractivity contribution in [3.8, 4) is 0 Å². The molecule has 3 N–H and O–H groups in total. The molecular weight excluding hydrogens is 182 g/mol. The van der Waals surface area contributed by atoms with Crippen LogP contribution < -0.4 is 5.73 Å². The predicted octanol–water partition coefficient (Wildman–Crippen LogP) is 1.84. The van der Waals surface area contributed by atoms with E-state index in [4.69, 9.17) is 5.73 Å². The van der Waals surface area contributed by atoms with Crippen LogP contribution in [0.2, 0.25) is 0 Å². The first kappa shape index (κ1) is 9.19. The van der Waals surface area contributed by atoms with Crippen molar-refractivity contribution in [1.29, 1.82) is 0 Å². The number of hydrogen-bond donors (Lipinski definition) is 2. The van der Waals surface area contributed by atoms with E-state index in [0.717, 1.165) is 30.6 Å². The molecule has 0 saturated heterocycles. The Labute approximate surface area is 82.4 Å². The third kappa shape index (κ3) is 1.52. The van der Waals surface area contributed by atoms with Gasteiger partial charge in [0.05, 0.1) is 11.6 Å². The van der Waals surface area contributed by atoms with Gasteiger partial charge >= 0.3 is 0 Å². The van der Waals surface area contributed by atoms with Crippen LogP contribution in [0.4, 0.5) is 0 Å². The summed E-state index contributed by atoms with van der Waals surface area (Å²) in [6, 6.07) is 4.02. The highest BCUT2D eigenvalue weighted by atomic mass is 32.1. The minimum Gasteiger partial charge on any atom is -0.391 e. The molecule has 72 valence electrons. The maximum Gasteiger partial charge on any atom is 0.0769 e. The molecule has 0 unspecified atom stereocenters. The lowest BCUT2D eigenvalue weighted by atomic mass is 9.79. The Kier molecular flexibility index (Phi) is 2.41. The number of thiophene rings is 1. The Morgan fingerprint density at radius 1 is 1.54 bits per heavy atom. The molecule has 13 heavy (non-hydrogen) atoms. The highest BCUT2D eigenvalue weighted by Crippen LogP contribution is 2.37. The Bertz CT molecular complexity index is 272. The lowest BCUT2D eigenvalue weighted by molar-refractivity contribution is 0.0470. The molecule has 2 rings (SSSR count). The molecule has 1 fully saturated rings. The van der Waals surface area contributed by atoms with E-state index in [-0.39, 0.29) is 6.10 Å². The van der Waals surface area contributed by atoms with Gasteiger partial charge in [0, 0.05) is 4.88 Å². The molecule has 0 aromatic carbocycles. The standard InChI is InChI=1S/C10H15NOS/c11-10(9-5-3-7-13-9)6-2-1-4-8(10)12/h3,5,7-8,12H,1-2,4,6,11H2/t8-,10+/m0/s1. The molecule has 0 aliphatic heterocycles. The van der Waals surface area contributed by atoms with Gasteiger partial charge in [0.1, 0.15) is 0 Å². The molecule has 1 aromatic rings. The van der Waals surface area contributed by atoms with E-state index in [2.05, 4.69) is 0 Å². The average Bonchev–Trinajstić information content (AvgIpc) is 2.63. The molecular formula is C10H15NOS. The van der Waals surface area contributed by atoms with Gasteiger partial charge in [0.25, 0.3) is 0 Å². The maximum absolute atomic E-state index is 9.88. The van der Waals surface area contributed by atoms with Gasteiger partial charge in [-0.2, -0.15) is 0 Å². The second-order valence-corrected chi connectivity index (χ2v) is 4.73. The van der Waals surface area contributed by atoms with E-state index >= 15 is 0 Å². The molecule has 1 heterocycles. The summed E-state index contributed by atoms with van der Waals surface area (Å²) >= 11 is 1.65. The summed E-state index contributed by atoms with van der Waals surface area (Å²) in [5.74, 6) is 0. The largest absolute Gasteiger partial charge is 0.391 e. The highest BCUT2D eigenvalue weighted by molar-refractivity contribution is 7.10. The number of nitrogens with two attached hydrogens (primary N) is 1. The van der Waals surface area contributed by atoms with E-state index in [1.807, 2.05) is 17.5 Å². The van der Waals surface area contributed by atoms with Crippen LogP contribution in [0.15, 0.2) is 17.5 Å². The molecule has 2 nitrogen and oxygen atoms in total. The quantitative estimate of drug-likeness (QED) is 0.721. The van der Waals surface area contributed by atoms with Crippen molar-refractivity contribution < 1.29 is 5.11 Å². The molecule has 0 amide bonds. The molecule has 1 aliphatic rings. The van der Waals surface area contributed by atoms with Crippen LogP contribution in [0.5, 0.6) is 0 Å². The number of rotatable bonds is 1. The molecule has 0 bridgehead atoms. The second-order valence-electron chi connectivity index (χ2n) is 3.78. The maximum atomic E-state index is 9.88. The van der Waals surface area contributed by atoms with Gasteiger partial charge in [-0.3, -0.25) is 0 Å². The molecule has 1 saturated carbocycles. The number of aliphatic hydroxyl groups is 1. The van der Waals surface area contributed by atoms with Crippen LogP contribution in [0.1, 0.15) is 30.6 Å². The third-order valence-corrected chi connectivity index (χ3v) is 3.96. The van der Waals surface area contributed by atoms with E-state index in [1.165, 1.54) is 0 Å². The van der Waals surface area contributed by atoms with Crippen LogP contribution in [-0.4, -0.2) is 11.2 Å². The van der Waals surface area contributed by atoms with Gasteiger partial charge in [-0.1, -0.05) is 18.9 Å². The fourth-order valence-electron chi connectivity index (χ4n) is 2.01. The summed E-state index contributed by atoms with van der Waals surface area (Å²) in [4.78, 5) is 1.12. The monoisotopic (exact) mass is 197 g/mol. The zero-order valence-electron chi connectivity index (χ0n) is 7.57. The summed E-state index contributed by atoms with van der Waals surface area (Å²) in [7, 11) is 0. The molecule has 2 atom stereocenters. The summed E-state index contributed by atoms with van der Waals surface area (Å²) in [6.07, 6.45) is 3.62. The van der Waals surface area contributed by atoms with Crippen LogP contribution in [0.3, 0.4) is 0 Å². The fourth-order valence-corrected chi connectivity index (χ4v) is 2.93. The van der Waals surface area contributed by atoms with Crippen molar-refractivity contribution >= 4 is 11.3 Å². The Hall–Kier alpha value is -0.380. The SMILES string of the molecule is N[C@]1(c2cccs2)CCCC[C@@H]1O. The van der Waals surface area contributed by atoms with Crippen molar-refractivity contribution in [3.05, 3.63) is 22.4 Å². The van der Waals surface area contributed by atoms with E-state index < -0.39 is 5.54 Å². The zero-order chi connectivity index (χ0) is 9.31. The summed E-state index contributed by atoms with van der Waals surface area (Å²) in [6.45, 7) is 0. The molecule has 3 heteroatoms. The first-order valence-electron chi connectivity index (χ1n) is 4.74. The summed E-state index contributed by atoms with van der Waals surface area (Å²) in [5.41, 5.74) is 5.76. The lowest BCUT2D eigenvalue weighted by Crippen LogP contribution is -2.49. The Morgan fingerprint density at radius 2 is 2.38 bits per heavy atom. The van der Waals surface area contributed by atoms with Gasteiger partial charge in [-0.15, -0.1) is 11.3 Å². The van der Waals surface area contributed by atoms with Crippen molar-refractivity contribution in [2.45, 2.75) is 37.3 Å². The number of hydrogen-bond acceptors (Lipinski definition) is 3. The molecule has 1 aliphatic carbocycles. The second kappa shape index (κ2) is 3.40. The van der Waals surface area contributed by atoms with Crippen LogP contribution >= 0.6 is 11.3 Å². The zero-order valence-corrected chi connectivity index (χ0v) is 8.39. The lowest BCUT2D eigenvalue weighted by Gasteiger charge is -2.37. The van der Waals surface area contributed by atoms with Gasteiger partial charge in [-0.25, -0.2) is 0 Å². The Morgan fingerprint density at radius 3 is 3.00 bits per heavy atom. The summed E-state index contributed by atoms with van der Waals surface area (Å²) < 4.78 is 0. The minimum absolute atomic E-state index is 0.361. The van der Waals surface area contributed by atoms with Gasteiger partial charge in [0.2, 0.25) is 0 Å². The molecule has 0 radical (unpaired) electrons. The van der Waals surface area contributed by atoms with Gasteiger partial charge in [-0.05, 0) is 24.3 Å². The van der Waals surface area contributed by atoms with Crippen LogP contribution in [-0.2, 0) is 5.54 Å². The first-order valence-corrected chi connectivity index (χ1v) is 5.62. The molecule has 1 aromatic heterocycles. The van der Waals surface area contributed by atoms with E-state index in [1.54, 1.807) is 11.3 Å². The minimum atomic E-state index is -0.466. The average molecular weight is 197 g/mol. The van der Waals surface area contributed by atoms with Crippen molar-refractivity contribution in [2.24, 2.45) is 5.73 Å². The predicted molar refractivity (Wildman–Crippen MR) is 54.7 cm³/mol.